The summed E-state index contributed by atoms with van der Waals surface area (Å²) in [5, 5.41) is 11.0. The van der Waals surface area contributed by atoms with E-state index in [0.29, 0.717) is 22.7 Å². The van der Waals surface area contributed by atoms with Gasteiger partial charge in [-0.15, -0.1) is 0 Å². The van der Waals surface area contributed by atoms with Gasteiger partial charge in [-0.3, -0.25) is 24.1 Å². The Kier molecular flexibility index (Phi) is 9.59. The lowest BCUT2D eigenvalue weighted by atomic mass is 9.87. The van der Waals surface area contributed by atoms with E-state index in [1.165, 1.54) is 24.0 Å². The van der Waals surface area contributed by atoms with Crippen LogP contribution in [0.3, 0.4) is 0 Å². The van der Waals surface area contributed by atoms with Gasteiger partial charge in [0.05, 0.1) is 28.5 Å². The highest BCUT2D eigenvalue weighted by Crippen LogP contribution is 2.43. The molecule has 0 radical (unpaired) electrons. The van der Waals surface area contributed by atoms with E-state index in [9.17, 15) is 19.1 Å². The van der Waals surface area contributed by atoms with Gasteiger partial charge in [-0.05, 0) is 81.1 Å². The molecule has 5 aromatic rings. The van der Waals surface area contributed by atoms with Gasteiger partial charge in [-0.2, -0.15) is 0 Å². The number of pyridine rings is 2. The Morgan fingerprint density at radius 1 is 0.957 bits per heavy atom. The van der Waals surface area contributed by atoms with Crippen molar-refractivity contribution in [1.82, 2.24) is 14.5 Å². The molecule has 0 saturated heterocycles. The molecule has 0 aliphatic carbocycles. The molecule has 0 unspecified atom stereocenters. The van der Waals surface area contributed by atoms with Crippen LogP contribution in [0.25, 0.3) is 22.2 Å². The Balaban J connectivity index is 1.61. The Morgan fingerprint density at radius 3 is 2.30 bits per heavy atom. The molecule has 3 heterocycles. The highest BCUT2D eigenvalue weighted by atomic mass is 32.2. The van der Waals surface area contributed by atoms with Gasteiger partial charge < -0.3 is 9.84 Å². The minimum atomic E-state index is -1.14. The number of halogens is 1. The summed E-state index contributed by atoms with van der Waals surface area (Å²) in [5.41, 5.74) is 4.20. The van der Waals surface area contributed by atoms with E-state index in [-0.39, 0.29) is 30.8 Å². The number of hydrogen-bond donors (Lipinski definition) is 1. The number of rotatable bonds is 10. The third kappa shape index (κ3) is 7.91. The van der Waals surface area contributed by atoms with Crippen LogP contribution in [0.5, 0.6) is 5.75 Å². The van der Waals surface area contributed by atoms with Gasteiger partial charge in [0.1, 0.15) is 18.2 Å². The number of carbonyl (C=O) groups excluding carboxylic acids is 1. The molecule has 9 heteroatoms. The SMILES string of the molecule is Cc1ccc(COc2ccc3c(Sc4ccc(-c5ccc(F)cn5)cc4)c(CC(C)(C)C(=O)O)n(C(=O)CC(C)(C)C)c3c2)nc1C. The van der Waals surface area contributed by atoms with Gasteiger partial charge in [0.2, 0.25) is 5.91 Å². The summed E-state index contributed by atoms with van der Waals surface area (Å²) in [6, 6.07) is 20.4. The van der Waals surface area contributed by atoms with E-state index >= 15 is 0 Å². The zero-order valence-corrected chi connectivity index (χ0v) is 28.7. The van der Waals surface area contributed by atoms with E-state index < -0.39 is 17.2 Å². The van der Waals surface area contributed by atoms with Gasteiger partial charge in [0, 0.05) is 51.0 Å². The zero-order valence-electron chi connectivity index (χ0n) is 27.8. The van der Waals surface area contributed by atoms with Gasteiger partial charge >= 0.3 is 5.97 Å². The van der Waals surface area contributed by atoms with Gasteiger partial charge in [-0.1, -0.05) is 50.7 Å². The van der Waals surface area contributed by atoms with Gasteiger partial charge in [0.25, 0.3) is 0 Å². The number of nitrogens with zero attached hydrogens (tertiary/aromatic N) is 3. The lowest BCUT2D eigenvalue weighted by molar-refractivity contribution is -0.146. The average Bonchev–Trinajstić information content (AvgIpc) is 3.29. The van der Waals surface area contributed by atoms with Crippen LogP contribution in [0.4, 0.5) is 4.39 Å². The molecular weight excluding hydrogens is 614 g/mol. The number of fused-ring (bicyclic) bond motifs is 1. The first kappa shape index (κ1) is 33.9. The third-order valence-corrected chi connectivity index (χ3v) is 9.17. The van der Waals surface area contributed by atoms with E-state index in [2.05, 4.69) is 9.97 Å². The highest BCUT2D eigenvalue weighted by molar-refractivity contribution is 7.99. The minimum absolute atomic E-state index is 0.115. The second-order valence-corrected chi connectivity index (χ2v) is 14.9. The van der Waals surface area contributed by atoms with E-state index in [0.717, 1.165) is 37.7 Å². The largest absolute Gasteiger partial charge is 0.487 e. The van der Waals surface area contributed by atoms with Crippen LogP contribution in [-0.2, 0) is 17.8 Å². The van der Waals surface area contributed by atoms with Crippen LogP contribution in [0.1, 0.15) is 68.5 Å². The smallest absolute Gasteiger partial charge is 0.309 e. The van der Waals surface area contributed by atoms with Crippen LogP contribution in [0, 0.1) is 30.5 Å². The highest BCUT2D eigenvalue weighted by Gasteiger charge is 2.34. The number of hydrogen-bond acceptors (Lipinski definition) is 6. The lowest BCUT2D eigenvalue weighted by Gasteiger charge is -2.23. The van der Waals surface area contributed by atoms with Crippen LogP contribution in [0.15, 0.2) is 82.7 Å². The van der Waals surface area contributed by atoms with Crippen molar-refractivity contribution in [1.29, 1.82) is 0 Å². The summed E-state index contributed by atoms with van der Waals surface area (Å²) in [4.78, 5) is 37.0. The topological polar surface area (TPSA) is 94.3 Å². The zero-order chi connectivity index (χ0) is 34.1. The predicted octanol–water partition coefficient (Wildman–Crippen LogP) is 9.31. The minimum Gasteiger partial charge on any atom is -0.487 e. The second-order valence-electron chi connectivity index (χ2n) is 13.8. The maximum Gasteiger partial charge on any atom is 0.309 e. The fraction of sp³-hybridized carbons (Fsp3) is 0.316. The predicted molar refractivity (Wildman–Crippen MR) is 184 cm³/mol. The number of aryl methyl sites for hydroxylation is 2. The third-order valence-electron chi connectivity index (χ3n) is 8.00. The van der Waals surface area contributed by atoms with Crippen molar-refractivity contribution in [2.24, 2.45) is 10.8 Å². The Morgan fingerprint density at radius 2 is 1.68 bits per heavy atom. The number of aliphatic carboxylic acids is 1. The van der Waals surface area contributed by atoms with Crippen molar-refractivity contribution in [2.75, 3.05) is 0 Å². The first-order valence-corrected chi connectivity index (χ1v) is 16.3. The molecule has 0 fully saturated rings. The summed E-state index contributed by atoms with van der Waals surface area (Å²) in [6.07, 6.45) is 1.59. The van der Waals surface area contributed by atoms with Gasteiger partial charge in [0.15, 0.2) is 0 Å². The molecule has 0 saturated carbocycles. The van der Waals surface area contributed by atoms with Crippen molar-refractivity contribution in [2.45, 2.75) is 77.7 Å². The standard InChI is InChI=1S/C38H40FN3O4S/c1-23-8-12-27(41-24(23)2)22-46-28-13-16-30-32(18-28)42(34(43)20-37(3,4)5)33(19-38(6,7)36(44)45)35(30)47-29-14-9-25(10-15-29)31-17-11-26(39)21-40-31/h8-18,21H,19-20,22H2,1-7H3,(H,44,45). The van der Waals surface area contributed by atoms with Crippen molar-refractivity contribution in [3.63, 3.8) is 0 Å². The molecule has 0 amide bonds. The van der Waals surface area contributed by atoms with Crippen molar-refractivity contribution in [3.05, 3.63) is 101 Å². The van der Waals surface area contributed by atoms with E-state index in [1.54, 1.807) is 24.5 Å². The molecule has 0 aliphatic heterocycles. The lowest BCUT2D eigenvalue weighted by Crippen LogP contribution is -2.29. The van der Waals surface area contributed by atoms with Crippen molar-refractivity contribution < 1.29 is 23.8 Å². The van der Waals surface area contributed by atoms with Crippen LogP contribution < -0.4 is 4.74 Å². The molecule has 2 aromatic carbocycles. The fourth-order valence-electron chi connectivity index (χ4n) is 5.24. The monoisotopic (exact) mass is 653 g/mol. The molecular formula is C38H40FN3O4S. The van der Waals surface area contributed by atoms with Crippen molar-refractivity contribution in [3.8, 4) is 17.0 Å². The van der Waals surface area contributed by atoms with Crippen LogP contribution in [-0.4, -0.2) is 31.5 Å². The number of aromatic nitrogens is 3. The molecule has 47 heavy (non-hydrogen) atoms. The molecule has 3 aromatic heterocycles. The molecule has 0 bridgehead atoms. The number of carbonyl (C=O) groups is 2. The molecule has 0 atom stereocenters. The molecule has 1 N–H and O–H groups in total. The number of carboxylic acid groups (broad SMARTS) is 1. The quantitative estimate of drug-likeness (QED) is 0.161. The Bertz CT molecular complexity index is 1940. The molecule has 244 valence electrons. The summed E-state index contributed by atoms with van der Waals surface area (Å²) < 4.78 is 21.3. The Hall–Kier alpha value is -4.50. The maximum atomic E-state index is 14.1. The first-order chi connectivity index (χ1) is 22.1. The van der Waals surface area contributed by atoms with E-state index in [4.69, 9.17) is 4.74 Å². The molecule has 7 nitrogen and oxygen atoms in total. The maximum absolute atomic E-state index is 14.1. The number of ether oxygens (including phenoxy) is 1. The molecule has 0 spiro atoms. The van der Waals surface area contributed by atoms with E-state index in [1.807, 2.05) is 89.2 Å². The summed E-state index contributed by atoms with van der Waals surface area (Å²) in [5.74, 6) is -0.881. The normalized spacial score (nSPS) is 12.0. The average molecular weight is 654 g/mol. The first-order valence-electron chi connectivity index (χ1n) is 15.5. The Labute approximate surface area is 279 Å². The molecule has 0 aliphatic rings. The number of carboxylic acids is 1. The van der Waals surface area contributed by atoms with Gasteiger partial charge in [-0.25, -0.2) is 4.39 Å². The van der Waals surface area contributed by atoms with Crippen LogP contribution >= 0.6 is 11.8 Å². The van der Waals surface area contributed by atoms with Crippen LogP contribution in [0.2, 0.25) is 0 Å². The summed E-state index contributed by atoms with van der Waals surface area (Å²) >= 11 is 1.48. The number of benzene rings is 2. The summed E-state index contributed by atoms with van der Waals surface area (Å²) in [6.45, 7) is 13.6. The molecule has 5 rings (SSSR count). The fourth-order valence-corrected chi connectivity index (χ4v) is 6.32. The second kappa shape index (κ2) is 13.3. The summed E-state index contributed by atoms with van der Waals surface area (Å²) in [7, 11) is 0. The van der Waals surface area contributed by atoms with Crippen molar-refractivity contribution >= 4 is 34.5 Å².